The predicted octanol–water partition coefficient (Wildman–Crippen LogP) is 1.66. The van der Waals surface area contributed by atoms with E-state index in [4.69, 9.17) is 0 Å². The molecule has 24 heavy (non-hydrogen) atoms. The van der Waals surface area contributed by atoms with E-state index in [0.29, 0.717) is 31.3 Å². The third-order valence-corrected chi connectivity index (χ3v) is 4.95. The molecule has 2 aromatic rings. The third kappa shape index (κ3) is 3.46. The van der Waals surface area contributed by atoms with Crippen molar-refractivity contribution in [3.05, 3.63) is 40.7 Å². The number of fused-ring (bicyclic) bond motifs is 1. The lowest BCUT2D eigenvalue weighted by Crippen LogP contribution is -2.44. The topological polar surface area (TPSA) is 105 Å². The van der Waals surface area contributed by atoms with Crippen LogP contribution in [0.15, 0.2) is 30.6 Å². The van der Waals surface area contributed by atoms with E-state index in [9.17, 15) is 18.5 Å². The predicted molar refractivity (Wildman–Crippen MR) is 91.6 cm³/mol. The van der Waals surface area contributed by atoms with Gasteiger partial charge in [-0.05, 0) is 25.0 Å². The number of non-ortho nitro benzene ring substituents is 1. The fourth-order valence-corrected chi connectivity index (χ4v) is 3.98. The number of pyridine rings is 1. The summed E-state index contributed by atoms with van der Waals surface area (Å²) in [5, 5.41) is 12.5. The second kappa shape index (κ2) is 6.33. The number of hydrogen-bond acceptors (Lipinski definition) is 6. The van der Waals surface area contributed by atoms with Crippen molar-refractivity contribution < 1.29 is 13.3 Å². The highest BCUT2D eigenvalue weighted by Gasteiger charge is 2.24. The molecule has 0 aliphatic carbocycles. The van der Waals surface area contributed by atoms with Gasteiger partial charge in [0.25, 0.3) is 5.69 Å². The lowest BCUT2D eigenvalue weighted by molar-refractivity contribution is -0.383. The molecule has 0 amide bonds. The van der Waals surface area contributed by atoms with Crippen LogP contribution in [0.4, 0.5) is 11.4 Å². The molecule has 3 rings (SSSR count). The smallest absolute Gasteiger partial charge is 0.278 e. The molecule has 1 aliphatic heterocycles. The molecule has 0 spiro atoms. The molecule has 8 nitrogen and oxygen atoms in total. The van der Waals surface area contributed by atoms with Crippen LogP contribution in [0.3, 0.4) is 0 Å². The van der Waals surface area contributed by atoms with Gasteiger partial charge in [-0.3, -0.25) is 15.1 Å². The molecule has 1 saturated heterocycles. The summed E-state index contributed by atoms with van der Waals surface area (Å²) >= 11 is 0. The Balaban J connectivity index is 1.87. The summed E-state index contributed by atoms with van der Waals surface area (Å²) in [6.07, 6.45) is 5.67. The van der Waals surface area contributed by atoms with Crippen molar-refractivity contribution in [3.63, 3.8) is 0 Å². The molecule has 1 aromatic heterocycles. The molecule has 2 heterocycles. The van der Waals surface area contributed by atoms with Gasteiger partial charge in [0.05, 0.1) is 16.6 Å². The van der Waals surface area contributed by atoms with Gasteiger partial charge < -0.3 is 4.90 Å². The first-order valence-corrected chi connectivity index (χ1v) is 9.47. The maximum Gasteiger partial charge on any atom is 0.278 e. The Kier molecular flexibility index (Phi) is 4.37. The highest BCUT2D eigenvalue weighted by atomic mass is 32.2. The van der Waals surface area contributed by atoms with Gasteiger partial charge in [-0.1, -0.05) is 0 Å². The molecule has 1 N–H and O–H groups in total. The SMILES string of the molecule is CS(=O)(=O)NC1CCN(c2ccc([N+](=O)[O-])c3cnccc23)CC1. The number of nitro groups is 1. The van der Waals surface area contributed by atoms with Crippen LogP contribution in [0.1, 0.15) is 12.8 Å². The van der Waals surface area contributed by atoms with Gasteiger partial charge in [-0.2, -0.15) is 0 Å². The van der Waals surface area contributed by atoms with Crippen molar-refractivity contribution in [2.75, 3.05) is 24.2 Å². The van der Waals surface area contributed by atoms with E-state index in [2.05, 4.69) is 14.6 Å². The normalized spacial score (nSPS) is 16.5. The Hall–Kier alpha value is -2.26. The second-order valence-electron chi connectivity index (χ2n) is 5.93. The van der Waals surface area contributed by atoms with Crippen molar-refractivity contribution >= 4 is 32.2 Å². The number of aromatic nitrogens is 1. The molecule has 0 unspecified atom stereocenters. The quantitative estimate of drug-likeness (QED) is 0.664. The van der Waals surface area contributed by atoms with Crippen LogP contribution in [-0.4, -0.2) is 43.7 Å². The lowest BCUT2D eigenvalue weighted by Gasteiger charge is -2.34. The Labute approximate surface area is 139 Å². The molecule has 0 atom stereocenters. The largest absolute Gasteiger partial charge is 0.371 e. The van der Waals surface area contributed by atoms with Gasteiger partial charge in [0.2, 0.25) is 10.0 Å². The Morgan fingerprint density at radius 3 is 2.58 bits per heavy atom. The van der Waals surface area contributed by atoms with Gasteiger partial charge in [0.15, 0.2) is 0 Å². The zero-order valence-corrected chi connectivity index (χ0v) is 14.0. The number of nitro benzene ring substituents is 1. The van der Waals surface area contributed by atoms with E-state index < -0.39 is 14.9 Å². The molecule has 1 aromatic carbocycles. The standard InChI is InChI=1S/C15H18N4O4S/c1-24(22,23)17-11-5-8-18(9-6-11)14-2-3-15(19(20)21)13-10-16-7-4-12(13)14/h2-4,7,10-11,17H,5-6,8-9H2,1H3. The van der Waals surface area contributed by atoms with Crippen molar-refractivity contribution in [2.45, 2.75) is 18.9 Å². The first-order valence-electron chi connectivity index (χ1n) is 7.58. The summed E-state index contributed by atoms with van der Waals surface area (Å²) in [5.74, 6) is 0. The number of anilines is 1. The zero-order chi connectivity index (χ0) is 17.3. The van der Waals surface area contributed by atoms with Crippen LogP contribution in [0.25, 0.3) is 10.8 Å². The van der Waals surface area contributed by atoms with Crippen LogP contribution < -0.4 is 9.62 Å². The number of nitrogens with one attached hydrogen (secondary N) is 1. The van der Waals surface area contributed by atoms with Gasteiger partial charge >= 0.3 is 0 Å². The zero-order valence-electron chi connectivity index (χ0n) is 13.2. The van der Waals surface area contributed by atoms with Crippen LogP contribution >= 0.6 is 0 Å². The molecular formula is C15H18N4O4S. The Bertz CT molecular complexity index is 876. The highest BCUT2D eigenvalue weighted by Crippen LogP contribution is 2.34. The maximum absolute atomic E-state index is 11.3. The number of piperidine rings is 1. The van der Waals surface area contributed by atoms with Crippen molar-refractivity contribution in [3.8, 4) is 0 Å². The summed E-state index contributed by atoms with van der Waals surface area (Å²) in [7, 11) is -3.21. The van der Waals surface area contributed by atoms with Crippen molar-refractivity contribution in [2.24, 2.45) is 0 Å². The minimum Gasteiger partial charge on any atom is -0.371 e. The number of rotatable bonds is 4. The Morgan fingerprint density at radius 2 is 1.96 bits per heavy atom. The van der Waals surface area contributed by atoms with Crippen molar-refractivity contribution in [1.29, 1.82) is 0 Å². The minimum atomic E-state index is -3.21. The van der Waals surface area contributed by atoms with Crippen molar-refractivity contribution in [1.82, 2.24) is 9.71 Å². The summed E-state index contributed by atoms with van der Waals surface area (Å²) in [4.78, 5) is 16.9. The van der Waals surface area contributed by atoms with E-state index in [1.54, 1.807) is 18.3 Å². The van der Waals surface area contributed by atoms with Crippen LogP contribution in [-0.2, 0) is 10.0 Å². The molecule has 1 fully saturated rings. The molecule has 0 saturated carbocycles. The van der Waals surface area contributed by atoms with E-state index in [1.807, 2.05) is 0 Å². The fourth-order valence-electron chi connectivity index (χ4n) is 3.14. The van der Waals surface area contributed by atoms with Gasteiger partial charge in [-0.25, -0.2) is 13.1 Å². The van der Waals surface area contributed by atoms with Gasteiger partial charge in [0, 0.05) is 48.7 Å². The molecule has 128 valence electrons. The maximum atomic E-state index is 11.3. The number of nitrogens with zero attached hydrogens (tertiary/aromatic N) is 3. The molecule has 0 radical (unpaired) electrons. The van der Waals surface area contributed by atoms with Crippen LogP contribution in [0, 0.1) is 10.1 Å². The van der Waals surface area contributed by atoms with E-state index in [0.717, 1.165) is 17.3 Å². The second-order valence-corrected chi connectivity index (χ2v) is 7.71. The lowest BCUT2D eigenvalue weighted by atomic mass is 10.0. The number of benzene rings is 1. The minimum absolute atomic E-state index is 0.0375. The first-order chi connectivity index (χ1) is 11.3. The van der Waals surface area contributed by atoms with E-state index in [1.165, 1.54) is 12.3 Å². The highest BCUT2D eigenvalue weighted by molar-refractivity contribution is 7.88. The summed E-state index contributed by atoms with van der Waals surface area (Å²) < 4.78 is 25.3. The van der Waals surface area contributed by atoms with Gasteiger partial charge in [0.1, 0.15) is 0 Å². The summed E-state index contributed by atoms with van der Waals surface area (Å²) in [6, 6.07) is 4.96. The average molecular weight is 350 g/mol. The summed E-state index contributed by atoms with van der Waals surface area (Å²) in [5.41, 5.74) is 0.950. The first kappa shape index (κ1) is 16.6. The summed E-state index contributed by atoms with van der Waals surface area (Å²) in [6.45, 7) is 1.37. The number of hydrogen-bond donors (Lipinski definition) is 1. The van der Waals surface area contributed by atoms with E-state index >= 15 is 0 Å². The fraction of sp³-hybridized carbons (Fsp3) is 0.400. The monoisotopic (exact) mass is 350 g/mol. The van der Waals surface area contributed by atoms with E-state index in [-0.39, 0.29) is 11.7 Å². The van der Waals surface area contributed by atoms with Gasteiger partial charge in [-0.15, -0.1) is 0 Å². The van der Waals surface area contributed by atoms with Crippen LogP contribution in [0.2, 0.25) is 0 Å². The molecule has 9 heteroatoms. The molecule has 0 bridgehead atoms. The average Bonchev–Trinajstić information content (AvgIpc) is 2.53. The third-order valence-electron chi connectivity index (χ3n) is 4.19. The Morgan fingerprint density at radius 1 is 1.25 bits per heavy atom. The van der Waals surface area contributed by atoms with Crippen LogP contribution in [0.5, 0.6) is 0 Å². The number of sulfonamides is 1. The molecular weight excluding hydrogens is 332 g/mol. The molecule has 1 aliphatic rings.